The van der Waals surface area contributed by atoms with Crippen LogP contribution in [-0.4, -0.2) is 126 Å². The number of fused-ring (bicyclic) bond motifs is 40. The van der Waals surface area contributed by atoms with E-state index in [1.165, 1.54) is 154 Å². The number of halogens is 1. The van der Waals surface area contributed by atoms with E-state index in [2.05, 4.69) is 95.1 Å². The number of hydrogen-bond donors (Lipinski definition) is 16. The molecule has 8 aliphatic carbocycles. The summed E-state index contributed by atoms with van der Waals surface area (Å²) in [5.41, 5.74) is 0. The van der Waals surface area contributed by atoms with Gasteiger partial charge in [0, 0.05) is 24.0 Å². The van der Waals surface area contributed by atoms with Crippen molar-refractivity contribution in [3.63, 3.8) is 0 Å². The Morgan fingerprint density at radius 2 is 0.356 bits per heavy atom. The van der Waals surface area contributed by atoms with Gasteiger partial charge in [0.05, 0.1) is 121 Å². The van der Waals surface area contributed by atoms with Gasteiger partial charge >= 0.3 is 25.4 Å². The number of nitrogens with one attached hydrogen (secondary N) is 16. The van der Waals surface area contributed by atoms with Crippen LogP contribution in [0.3, 0.4) is 0 Å². The first kappa shape index (κ1) is 64.7. The van der Waals surface area contributed by atoms with Gasteiger partial charge in [-0.2, -0.15) is 0 Å². The van der Waals surface area contributed by atoms with Crippen LogP contribution in [0.1, 0.15) is 193 Å². The zero-order chi connectivity index (χ0) is 60.7. The van der Waals surface area contributed by atoms with Gasteiger partial charge in [-0.05, 0) is 186 Å². The monoisotopic (exact) mass is 1320 g/mol. The van der Waals surface area contributed by atoms with E-state index in [4.69, 9.17) is 8.37 Å². The summed E-state index contributed by atoms with van der Waals surface area (Å²) in [5, 5.41) is 65.8. The van der Waals surface area contributed by atoms with Crippen LogP contribution in [-0.2, 0) is 47.2 Å². The van der Waals surface area contributed by atoms with E-state index in [-0.39, 0.29) is 85.7 Å². The molecule has 34 atom stereocenters. The fourth-order valence-corrected chi connectivity index (χ4v) is 25.3. The number of hydrogen-bond acceptors (Lipinski definition) is 24. The normalized spacial score (nSPS) is 54.1. The van der Waals surface area contributed by atoms with Crippen molar-refractivity contribution in [2.45, 2.75) is 303 Å². The van der Waals surface area contributed by atoms with Gasteiger partial charge in [-0.15, -0.1) is 0 Å². The topological polar surface area (TPSA) is 279 Å². The second kappa shape index (κ2) is 28.3. The van der Waals surface area contributed by atoms with Crippen LogP contribution in [0.4, 0.5) is 0 Å². The molecule has 0 amide bonds. The van der Waals surface area contributed by atoms with E-state index in [0.29, 0.717) is 120 Å². The van der Waals surface area contributed by atoms with Crippen LogP contribution in [0.15, 0.2) is 0 Å². The minimum atomic E-state index is -2.51. The van der Waals surface area contributed by atoms with Crippen molar-refractivity contribution in [1.29, 1.82) is 0 Å². The molecule has 18 fully saturated rings. The van der Waals surface area contributed by atoms with Crippen LogP contribution in [0, 0.1) is 94.7 Å². The predicted octanol–water partition coefficient (Wildman–Crippen LogP) is 3.96. The molecule has 10 aliphatic heterocycles. The summed E-state index contributed by atoms with van der Waals surface area (Å²) >= 11 is 1.89. The molecule has 22 nitrogen and oxygen atoms in total. The quantitative estimate of drug-likeness (QED) is 0.140. The first-order valence-electron chi connectivity index (χ1n) is 37.1. The molecule has 0 aromatic rings. The number of rotatable bonds is 4. The SMILES string of the molecule is O=[S-](=O)OC1CCCC2C3NC4NC(NC5NC(NC6NC(NC(N3)C12)C1CCCCC61)C1CCCCC51)C1CCCCC41.O=[S-](=O)OC1CCCC2C3NC4NC(NC5NC(NC6NC(NC(N3)C12)C1CCCCC61)C1CCCCC51)C1CCCCC41.[Al+2][Cl]. The Balaban J connectivity index is 0.000000140. The van der Waals surface area contributed by atoms with Crippen molar-refractivity contribution in [2.24, 2.45) is 94.7 Å². The summed E-state index contributed by atoms with van der Waals surface area (Å²) < 4.78 is 58.7. The van der Waals surface area contributed by atoms with Crippen molar-refractivity contribution in [1.82, 2.24) is 85.1 Å². The van der Waals surface area contributed by atoms with Crippen molar-refractivity contribution in [3.05, 3.63) is 0 Å². The zero-order valence-corrected chi connectivity index (χ0v) is 56.6. The molecule has 8 saturated carbocycles. The van der Waals surface area contributed by atoms with Gasteiger partial charge in [0.2, 0.25) is 0 Å². The molecule has 18 rings (SSSR count). The summed E-state index contributed by atoms with van der Waals surface area (Å²) in [6.07, 6.45) is 40.0. The third-order valence-corrected chi connectivity index (χ3v) is 28.9. The molecule has 34 unspecified atom stereocenters. The average molecular weight is 1330 g/mol. The fourth-order valence-electron chi connectivity index (χ4n) is 24.4. The van der Waals surface area contributed by atoms with Crippen LogP contribution in [0.5, 0.6) is 0 Å². The second-order valence-electron chi connectivity index (χ2n) is 32.0. The minimum absolute atomic E-state index is 0.00716. The van der Waals surface area contributed by atoms with Crippen LogP contribution in [0.2, 0.25) is 0 Å². The fraction of sp³-hybridized carbons (Fsp3) is 1.00. The molecule has 10 heterocycles. The Hall–Kier alpha value is 0.00247. The molecule has 18 aliphatic rings. The maximum absolute atomic E-state index is 11.8. The molecule has 10 saturated heterocycles. The molecule has 0 aromatic heterocycles. The average Bonchev–Trinajstić information content (AvgIpc) is 1.79. The molecular formula is C64H110AlClN16O6S2. The second-order valence-corrected chi connectivity index (χ2v) is 33.2. The summed E-state index contributed by atoms with van der Waals surface area (Å²) in [4.78, 5) is 0. The Bertz CT molecular complexity index is 2430. The van der Waals surface area contributed by atoms with Gasteiger partial charge in [0.15, 0.2) is 0 Å². The van der Waals surface area contributed by atoms with Crippen molar-refractivity contribution < 1.29 is 25.2 Å². The molecule has 504 valence electrons. The molecule has 0 spiro atoms. The van der Waals surface area contributed by atoms with Gasteiger partial charge in [-0.1, -0.05) is 89.9 Å². The summed E-state index contributed by atoms with van der Waals surface area (Å²) in [7, 11) is -0.465. The Morgan fingerprint density at radius 3 is 0.522 bits per heavy atom. The van der Waals surface area contributed by atoms with Gasteiger partial charge in [-0.3, -0.25) is 85.1 Å². The van der Waals surface area contributed by atoms with E-state index in [9.17, 15) is 16.8 Å². The third kappa shape index (κ3) is 12.6. The maximum atomic E-state index is 11.8. The first-order chi connectivity index (χ1) is 44.2. The van der Waals surface area contributed by atoms with E-state index >= 15 is 0 Å². The molecule has 0 aromatic carbocycles. The van der Waals surface area contributed by atoms with Gasteiger partial charge < -0.3 is 25.2 Å². The van der Waals surface area contributed by atoms with Gasteiger partial charge in [0.25, 0.3) is 0 Å². The molecule has 16 bridgehead atoms. The van der Waals surface area contributed by atoms with Gasteiger partial charge in [-0.25, -0.2) is 0 Å². The van der Waals surface area contributed by atoms with Crippen molar-refractivity contribution >= 4 is 47.4 Å². The molecule has 0 radical (unpaired) electrons. The standard InChI is InChI=1S/2C32H55N8O3S.Al.ClH/c2*41-44(42)43-23-15-7-14-22-24(23)32-39-30-21-13-6-5-12-20(21)28(37-30)35-26-17-9-2-1-8-16(17)25(33-26)34-27-18-10-3-4-11-19(18)29(36-27)38-31(22)40-32;;/h2*16-40H,1-15H2;;1H/q2*-1;+3;/p-1. The zero-order valence-electron chi connectivity index (χ0n) is 53.1. The molecule has 90 heavy (non-hydrogen) atoms. The van der Waals surface area contributed by atoms with Gasteiger partial charge in [0.1, 0.15) is 0 Å². The van der Waals surface area contributed by atoms with E-state index in [0.717, 1.165) is 38.5 Å². The van der Waals surface area contributed by atoms with Crippen molar-refractivity contribution in [3.8, 4) is 0 Å². The Morgan fingerprint density at radius 1 is 0.211 bits per heavy atom. The van der Waals surface area contributed by atoms with Crippen LogP contribution < -0.4 is 85.1 Å². The van der Waals surface area contributed by atoms with Crippen LogP contribution in [0.25, 0.3) is 0 Å². The van der Waals surface area contributed by atoms with E-state index in [1.54, 1.807) is 0 Å². The summed E-state index contributed by atoms with van der Waals surface area (Å²) in [6.45, 7) is 0. The molecular weight excluding hydrogens is 1220 g/mol. The third-order valence-electron chi connectivity index (χ3n) is 28.1. The van der Waals surface area contributed by atoms with E-state index in [1.807, 2.05) is 15.4 Å². The Labute approximate surface area is 552 Å². The predicted molar refractivity (Wildman–Crippen MR) is 344 cm³/mol. The Kier molecular flexibility index (Phi) is 20.3. The first-order valence-corrected chi connectivity index (χ1v) is 40.9. The van der Waals surface area contributed by atoms with Crippen molar-refractivity contribution in [2.75, 3.05) is 0 Å². The summed E-state index contributed by atoms with van der Waals surface area (Å²) in [5.74, 6) is 8.33. The van der Waals surface area contributed by atoms with E-state index < -0.39 is 22.0 Å². The van der Waals surface area contributed by atoms with Crippen LogP contribution >= 0.6 is 10.0 Å². The molecule has 16 N–H and O–H groups in total. The molecule has 26 heteroatoms. The summed E-state index contributed by atoms with van der Waals surface area (Å²) in [6, 6.07) is 0.